The van der Waals surface area contributed by atoms with Crippen LogP contribution in [-0.4, -0.2) is 90.7 Å². The standard InChI is InChI=1S/C76H90Br4N4O4.Mg.2H/c77-45-17-9-1-5-13-21-49-85-61-33-25-29-57(53-61)73-65-37-39-67(81-65)74(58-30-26-34-62(54-58)86-50-22-14-6-2-10-18-46-78)69-41-43-71(83-69)76(60-32-28-36-64(56-60)88-52-24-16-8-4-12-20-48-80)72-44-42-70(84-72)75(68-40-38-66(73)82-68)59-31-27-35-63(55-59)87-51-23-15-7-3-11-19-47-79;;;/h25-44,53-56,81,84H,1-24,45-52H2;;;. The van der Waals surface area contributed by atoms with Crippen molar-refractivity contribution in [3.8, 4) is 67.5 Å². The summed E-state index contributed by atoms with van der Waals surface area (Å²) >= 11 is 14.3. The maximum atomic E-state index is 6.54. The molecule has 0 unspecified atom stereocenters. The first-order valence-corrected chi connectivity index (χ1v) is 37.3. The lowest BCUT2D eigenvalue weighted by atomic mass is 10.0. The molecule has 0 amide bonds. The van der Waals surface area contributed by atoms with Gasteiger partial charge in [-0.3, -0.25) is 0 Å². The van der Waals surface area contributed by atoms with Gasteiger partial charge in [-0.25, -0.2) is 9.97 Å². The molecule has 0 atom stereocenters. The van der Waals surface area contributed by atoms with Crippen LogP contribution in [0.25, 0.3) is 90.9 Å². The molecule has 89 heavy (non-hydrogen) atoms. The zero-order valence-electron chi connectivity index (χ0n) is 51.5. The van der Waals surface area contributed by atoms with E-state index in [0.29, 0.717) is 26.4 Å². The van der Waals surface area contributed by atoms with E-state index in [1.165, 1.54) is 103 Å². The molecule has 5 heterocycles. The summed E-state index contributed by atoms with van der Waals surface area (Å²) in [4.78, 5) is 19.3. The number of unbranched alkanes of at least 4 members (excludes halogenated alkanes) is 20. The largest absolute Gasteiger partial charge is 0.494 e. The van der Waals surface area contributed by atoms with E-state index in [1.54, 1.807) is 0 Å². The Hall–Kier alpha value is -4.63. The van der Waals surface area contributed by atoms with Crippen LogP contribution in [0, 0.1) is 0 Å². The number of hydrogen-bond donors (Lipinski definition) is 2. The molecule has 4 aromatic carbocycles. The maximum Gasteiger partial charge on any atom is 0.316 e. The molecule has 2 aliphatic heterocycles. The number of ether oxygens (including phenoxy) is 4. The zero-order valence-corrected chi connectivity index (χ0v) is 57.9. The highest BCUT2D eigenvalue weighted by atomic mass is 79.9. The Balaban J connectivity index is 0.0000102. The fourth-order valence-corrected chi connectivity index (χ4v) is 13.3. The van der Waals surface area contributed by atoms with Crippen molar-refractivity contribution in [2.45, 2.75) is 154 Å². The lowest BCUT2D eigenvalue weighted by molar-refractivity contribution is 0.304. The number of nitrogens with one attached hydrogen (secondary N) is 2. The van der Waals surface area contributed by atoms with Crippen molar-refractivity contribution in [1.29, 1.82) is 0 Å². The summed E-state index contributed by atoms with van der Waals surface area (Å²) in [6.07, 6.45) is 37.3. The monoisotopic (exact) mass is 1460 g/mol. The van der Waals surface area contributed by atoms with Crippen LogP contribution in [0.5, 0.6) is 23.0 Å². The lowest BCUT2D eigenvalue weighted by Gasteiger charge is -2.11. The fraction of sp³-hybridized carbons (Fsp3) is 0.421. The summed E-state index contributed by atoms with van der Waals surface area (Å²) in [5.41, 5.74) is 15.0. The van der Waals surface area contributed by atoms with Gasteiger partial charge in [0.05, 0.1) is 49.2 Å². The Bertz CT molecular complexity index is 3060. The Morgan fingerprint density at radius 2 is 0.483 bits per heavy atom. The minimum atomic E-state index is 0. The minimum Gasteiger partial charge on any atom is -0.494 e. The molecule has 0 radical (unpaired) electrons. The van der Waals surface area contributed by atoms with Crippen molar-refractivity contribution in [1.82, 2.24) is 19.9 Å². The van der Waals surface area contributed by atoms with E-state index in [4.69, 9.17) is 28.9 Å². The van der Waals surface area contributed by atoms with Gasteiger partial charge in [0, 0.05) is 65.6 Å². The van der Waals surface area contributed by atoms with Crippen molar-refractivity contribution < 1.29 is 18.9 Å². The Morgan fingerprint density at radius 1 is 0.270 bits per heavy atom. The number of fused-ring (bicyclic) bond motifs is 8. The van der Waals surface area contributed by atoms with E-state index >= 15 is 0 Å². The van der Waals surface area contributed by atoms with Crippen molar-refractivity contribution >= 4 is 133 Å². The summed E-state index contributed by atoms with van der Waals surface area (Å²) in [5.74, 6) is 3.37. The molecule has 0 saturated carbocycles. The molecule has 470 valence electrons. The third-order valence-electron chi connectivity index (χ3n) is 16.4. The van der Waals surface area contributed by atoms with Gasteiger partial charge in [0.15, 0.2) is 0 Å². The molecular weight excluding hydrogens is 1380 g/mol. The third kappa shape index (κ3) is 21.7. The number of aromatic amines is 2. The van der Waals surface area contributed by atoms with E-state index in [9.17, 15) is 0 Å². The number of rotatable bonds is 40. The molecule has 9 rings (SSSR count). The maximum absolute atomic E-state index is 6.54. The molecule has 0 saturated heterocycles. The number of aromatic nitrogens is 4. The first-order chi connectivity index (χ1) is 43.5. The van der Waals surface area contributed by atoms with Gasteiger partial charge in [0.1, 0.15) is 23.0 Å². The second-order valence-electron chi connectivity index (χ2n) is 23.2. The predicted octanol–water partition coefficient (Wildman–Crippen LogP) is 22.9. The minimum absolute atomic E-state index is 0. The number of hydrogen-bond acceptors (Lipinski definition) is 6. The van der Waals surface area contributed by atoms with Crippen molar-refractivity contribution in [3.05, 3.63) is 144 Å². The molecule has 2 aliphatic rings. The zero-order chi connectivity index (χ0) is 60.8. The second-order valence-corrected chi connectivity index (χ2v) is 26.4. The van der Waals surface area contributed by atoms with Gasteiger partial charge in [-0.1, -0.05) is 215 Å². The number of alkyl halides is 4. The van der Waals surface area contributed by atoms with E-state index in [1.807, 2.05) is 0 Å². The molecule has 7 aromatic rings. The van der Waals surface area contributed by atoms with E-state index in [2.05, 4.69) is 219 Å². The number of benzene rings is 4. The SMILES string of the molecule is BrCCCCCCCCOc1cccc(-c2c3nc(c(-c4cccc(OCCCCCCCCBr)c4)c4ccc([nH]4)c(-c4cccc(OCCCCCCCCBr)c4)c4nc(c(-c5cccc(OCCCCCCCCBr)c5)c5ccc2[nH]5)C=C4)C=C3)c1.[MgH2]. The van der Waals surface area contributed by atoms with Crippen LogP contribution in [0.3, 0.4) is 0 Å². The molecule has 3 aromatic heterocycles. The van der Waals surface area contributed by atoms with Crippen molar-refractivity contribution in [2.24, 2.45) is 0 Å². The predicted molar refractivity (Wildman–Crippen MR) is 397 cm³/mol. The van der Waals surface area contributed by atoms with Gasteiger partial charge in [-0.05, 0) is 171 Å². The highest BCUT2D eigenvalue weighted by molar-refractivity contribution is 9.09. The molecule has 13 heteroatoms. The highest BCUT2D eigenvalue weighted by Gasteiger charge is 2.21. The summed E-state index contributed by atoms with van der Waals surface area (Å²) in [5, 5.41) is 4.30. The van der Waals surface area contributed by atoms with Gasteiger partial charge in [0.25, 0.3) is 0 Å². The van der Waals surface area contributed by atoms with Gasteiger partial charge in [-0.15, -0.1) is 0 Å². The van der Waals surface area contributed by atoms with Crippen LogP contribution in [0.15, 0.2) is 121 Å². The first kappa shape index (κ1) is 70.2. The molecule has 8 bridgehead atoms. The smallest absolute Gasteiger partial charge is 0.316 e. The van der Waals surface area contributed by atoms with Crippen LogP contribution in [-0.2, 0) is 0 Å². The van der Waals surface area contributed by atoms with Gasteiger partial charge >= 0.3 is 23.1 Å². The Morgan fingerprint density at radius 3 is 0.708 bits per heavy atom. The molecule has 0 aliphatic carbocycles. The normalized spacial score (nSPS) is 11.7. The third-order valence-corrected chi connectivity index (χ3v) is 18.7. The van der Waals surface area contributed by atoms with Gasteiger partial charge in [0.2, 0.25) is 0 Å². The van der Waals surface area contributed by atoms with Gasteiger partial charge in [-0.2, -0.15) is 0 Å². The average molecular weight is 1470 g/mol. The summed E-state index contributed by atoms with van der Waals surface area (Å²) in [6, 6.07) is 42.9. The van der Waals surface area contributed by atoms with Crippen LogP contribution in [0.2, 0.25) is 0 Å². The van der Waals surface area contributed by atoms with Crippen molar-refractivity contribution in [2.75, 3.05) is 47.7 Å². The quantitative estimate of drug-likeness (QED) is 0.0226. The summed E-state index contributed by atoms with van der Waals surface area (Å²) in [6.45, 7) is 2.68. The van der Waals surface area contributed by atoms with Crippen molar-refractivity contribution in [3.63, 3.8) is 0 Å². The van der Waals surface area contributed by atoms with Crippen LogP contribution < -0.4 is 18.9 Å². The van der Waals surface area contributed by atoms with Gasteiger partial charge < -0.3 is 28.9 Å². The number of nitrogens with zero attached hydrogens (tertiary/aromatic N) is 2. The number of halogens is 4. The first-order valence-electron chi connectivity index (χ1n) is 32.9. The number of H-pyrrole nitrogens is 2. The van der Waals surface area contributed by atoms with E-state index < -0.39 is 0 Å². The molecule has 8 nitrogen and oxygen atoms in total. The van der Waals surface area contributed by atoms with Crippen LogP contribution in [0.1, 0.15) is 177 Å². The molecule has 0 fully saturated rings. The van der Waals surface area contributed by atoms with E-state index in [0.717, 1.165) is 185 Å². The molecular formula is C76H92Br4MgN4O4. The Kier molecular flexibility index (Phi) is 31.3. The van der Waals surface area contributed by atoms with Crippen LogP contribution >= 0.6 is 63.7 Å². The lowest BCUT2D eigenvalue weighted by Crippen LogP contribution is -1.98. The highest BCUT2D eigenvalue weighted by Crippen LogP contribution is 2.41. The fourth-order valence-electron chi connectivity index (χ4n) is 11.8. The molecule has 2 N–H and O–H groups in total. The summed E-state index contributed by atoms with van der Waals surface area (Å²) < 4.78 is 26.1. The van der Waals surface area contributed by atoms with Crippen LogP contribution in [0.4, 0.5) is 0 Å². The second kappa shape index (κ2) is 39.7. The Labute approximate surface area is 580 Å². The molecule has 0 spiro atoms. The van der Waals surface area contributed by atoms with E-state index in [-0.39, 0.29) is 23.1 Å². The summed E-state index contributed by atoms with van der Waals surface area (Å²) in [7, 11) is 0. The average Bonchev–Trinajstić information content (AvgIpc) is 2.04. The topological polar surface area (TPSA) is 94.3 Å².